The highest BCUT2D eigenvalue weighted by molar-refractivity contribution is 6.30. The van der Waals surface area contributed by atoms with Crippen LogP contribution in [0.2, 0.25) is 5.02 Å². The van der Waals surface area contributed by atoms with E-state index in [4.69, 9.17) is 16.1 Å². The summed E-state index contributed by atoms with van der Waals surface area (Å²) < 4.78 is 5.39. The second-order valence-electron chi connectivity index (χ2n) is 7.20. The van der Waals surface area contributed by atoms with E-state index < -0.39 is 0 Å². The number of benzene rings is 1. The van der Waals surface area contributed by atoms with Crippen molar-refractivity contribution < 1.29 is 9.32 Å². The molecule has 0 bridgehead atoms. The van der Waals surface area contributed by atoms with Gasteiger partial charge in [0.05, 0.1) is 0 Å². The molecule has 1 aromatic carbocycles. The molecule has 2 aromatic rings. The van der Waals surface area contributed by atoms with E-state index in [1.807, 2.05) is 0 Å². The molecule has 0 spiro atoms. The molecule has 0 saturated heterocycles. The van der Waals surface area contributed by atoms with Crippen LogP contribution >= 0.6 is 11.6 Å². The van der Waals surface area contributed by atoms with E-state index in [1.165, 1.54) is 0 Å². The molecule has 3 rings (SSSR count). The summed E-state index contributed by atoms with van der Waals surface area (Å²) in [5, 5.41) is 7.44. The summed E-state index contributed by atoms with van der Waals surface area (Å²) in [4.78, 5) is 12.5. The van der Waals surface area contributed by atoms with E-state index in [1.54, 1.807) is 24.3 Å². The molecule has 1 aliphatic carbocycles. The van der Waals surface area contributed by atoms with Crippen molar-refractivity contribution in [2.45, 2.75) is 40.0 Å². The number of hydrogen-bond donors (Lipinski definition) is 1. The number of nitrogens with zero attached hydrogens (tertiary/aromatic N) is 1. The fourth-order valence-corrected chi connectivity index (χ4v) is 3.27. The molecule has 5 heteroatoms. The van der Waals surface area contributed by atoms with E-state index in [-0.39, 0.29) is 11.3 Å². The maximum absolute atomic E-state index is 12.5. The highest BCUT2D eigenvalue weighted by atomic mass is 35.5. The first-order valence-electron chi connectivity index (χ1n) is 7.89. The van der Waals surface area contributed by atoms with Gasteiger partial charge < -0.3 is 9.84 Å². The number of carbonyl (C=O) groups is 1. The van der Waals surface area contributed by atoms with Crippen LogP contribution in [-0.2, 0) is 12.8 Å². The summed E-state index contributed by atoms with van der Waals surface area (Å²) in [6, 6.07) is 7.08. The third-order valence-electron chi connectivity index (χ3n) is 4.56. The van der Waals surface area contributed by atoms with Gasteiger partial charge in [-0.15, -0.1) is 0 Å². The molecule has 1 atom stereocenters. The molecule has 1 unspecified atom stereocenters. The molecule has 1 heterocycles. The van der Waals surface area contributed by atoms with Crippen molar-refractivity contribution in [3.63, 3.8) is 0 Å². The van der Waals surface area contributed by atoms with Crippen LogP contribution in [0.5, 0.6) is 0 Å². The second kappa shape index (κ2) is 6.00. The van der Waals surface area contributed by atoms with Crippen molar-refractivity contribution in [3.8, 4) is 0 Å². The lowest BCUT2D eigenvalue weighted by molar-refractivity contribution is 0.101. The average molecular weight is 333 g/mol. The number of hydrogen-bond acceptors (Lipinski definition) is 3. The predicted octanol–water partition coefficient (Wildman–Crippen LogP) is 4.73. The van der Waals surface area contributed by atoms with Crippen LogP contribution in [-0.4, -0.2) is 11.1 Å². The molecule has 0 fully saturated rings. The van der Waals surface area contributed by atoms with Gasteiger partial charge in [0.2, 0.25) is 0 Å². The molecule has 1 aliphatic rings. The van der Waals surface area contributed by atoms with Crippen LogP contribution < -0.4 is 5.32 Å². The average Bonchev–Trinajstić information content (AvgIpc) is 2.89. The minimum atomic E-state index is -0.244. The van der Waals surface area contributed by atoms with Crippen molar-refractivity contribution in [1.29, 1.82) is 0 Å². The van der Waals surface area contributed by atoms with Gasteiger partial charge in [-0.3, -0.25) is 4.79 Å². The van der Waals surface area contributed by atoms with Crippen LogP contribution in [0.3, 0.4) is 0 Å². The van der Waals surface area contributed by atoms with Crippen LogP contribution in [0.15, 0.2) is 28.8 Å². The van der Waals surface area contributed by atoms with Crippen molar-refractivity contribution in [2.75, 3.05) is 5.32 Å². The number of anilines is 1. The topological polar surface area (TPSA) is 55.1 Å². The highest BCUT2D eigenvalue weighted by Gasteiger charge is 2.34. The zero-order valence-electron chi connectivity index (χ0n) is 13.6. The summed E-state index contributed by atoms with van der Waals surface area (Å²) in [7, 11) is 0. The normalized spacial score (nSPS) is 17.7. The molecule has 1 aromatic heterocycles. The van der Waals surface area contributed by atoms with Gasteiger partial charge in [-0.1, -0.05) is 43.6 Å². The van der Waals surface area contributed by atoms with E-state index in [0.717, 1.165) is 30.6 Å². The molecule has 1 amide bonds. The second-order valence-corrected chi connectivity index (χ2v) is 7.64. The van der Waals surface area contributed by atoms with Gasteiger partial charge in [0.25, 0.3) is 5.91 Å². The van der Waals surface area contributed by atoms with Gasteiger partial charge in [0.1, 0.15) is 5.76 Å². The first kappa shape index (κ1) is 16.1. The third-order valence-corrected chi connectivity index (χ3v) is 4.80. The Labute approximate surface area is 141 Å². The zero-order valence-corrected chi connectivity index (χ0v) is 14.4. The Morgan fingerprint density at radius 3 is 2.87 bits per heavy atom. The summed E-state index contributed by atoms with van der Waals surface area (Å²) in [5.41, 5.74) is 2.21. The summed E-state index contributed by atoms with van der Waals surface area (Å²) in [5.74, 6) is 1.13. The standard InChI is InChI=1S/C18H21ClN2O2/c1-18(2,3)11-7-8-15-14(9-11)16(21-23-15)17(22)20-13-6-4-5-12(19)10-13/h4-6,10-11H,7-9H2,1-3H3,(H,20,22). The predicted molar refractivity (Wildman–Crippen MR) is 90.9 cm³/mol. The lowest BCUT2D eigenvalue weighted by Crippen LogP contribution is -2.27. The van der Waals surface area contributed by atoms with Gasteiger partial charge in [-0.05, 0) is 42.4 Å². The molecule has 23 heavy (non-hydrogen) atoms. The number of rotatable bonds is 2. The number of carbonyl (C=O) groups excluding carboxylic acids is 1. The summed E-state index contributed by atoms with van der Waals surface area (Å²) in [6.45, 7) is 6.71. The Morgan fingerprint density at radius 1 is 1.39 bits per heavy atom. The number of nitrogens with one attached hydrogen (secondary N) is 1. The summed E-state index contributed by atoms with van der Waals surface area (Å²) >= 11 is 5.95. The molecule has 4 nitrogen and oxygen atoms in total. The van der Waals surface area contributed by atoms with Crippen molar-refractivity contribution >= 4 is 23.2 Å². The van der Waals surface area contributed by atoms with Crippen LogP contribution in [0.1, 0.15) is 49.0 Å². The Balaban J connectivity index is 1.82. The minimum Gasteiger partial charge on any atom is -0.360 e. The number of amides is 1. The molecular weight excluding hydrogens is 312 g/mol. The Bertz CT molecular complexity index is 731. The number of fused-ring (bicyclic) bond motifs is 1. The quantitative estimate of drug-likeness (QED) is 0.864. The van der Waals surface area contributed by atoms with Crippen LogP contribution in [0.4, 0.5) is 5.69 Å². The van der Waals surface area contributed by atoms with Gasteiger partial charge in [-0.25, -0.2) is 0 Å². The van der Waals surface area contributed by atoms with Gasteiger partial charge in [-0.2, -0.15) is 0 Å². The molecule has 1 N–H and O–H groups in total. The molecule has 0 radical (unpaired) electrons. The van der Waals surface area contributed by atoms with E-state index in [9.17, 15) is 4.79 Å². The number of aromatic nitrogens is 1. The van der Waals surface area contributed by atoms with Crippen molar-refractivity contribution in [3.05, 3.63) is 46.3 Å². The fraction of sp³-hybridized carbons (Fsp3) is 0.444. The van der Waals surface area contributed by atoms with E-state index in [0.29, 0.717) is 22.3 Å². The lowest BCUT2D eigenvalue weighted by Gasteiger charge is -2.33. The van der Waals surface area contributed by atoms with Crippen LogP contribution in [0, 0.1) is 11.3 Å². The van der Waals surface area contributed by atoms with E-state index in [2.05, 4.69) is 31.2 Å². The lowest BCUT2D eigenvalue weighted by atomic mass is 9.71. The van der Waals surface area contributed by atoms with Gasteiger partial charge in [0.15, 0.2) is 5.69 Å². The van der Waals surface area contributed by atoms with Gasteiger partial charge >= 0.3 is 0 Å². The largest absolute Gasteiger partial charge is 0.360 e. The first-order chi connectivity index (χ1) is 10.8. The molecular formula is C18H21ClN2O2. The highest BCUT2D eigenvalue weighted by Crippen LogP contribution is 2.38. The monoisotopic (exact) mass is 332 g/mol. The maximum Gasteiger partial charge on any atom is 0.278 e. The Morgan fingerprint density at radius 2 is 2.17 bits per heavy atom. The minimum absolute atomic E-state index is 0.204. The Kier molecular flexibility index (Phi) is 4.19. The molecule has 0 saturated carbocycles. The SMILES string of the molecule is CC(C)(C)C1CCc2onc(C(=O)Nc3cccc(Cl)c3)c2C1. The molecule has 122 valence electrons. The van der Waals surface area contributed by atoms with Crippen molar-refractivity contribution in [1.82, 2.24) is 5.16 Å². The van der Waals surface area contributed by atoms with Crippen LogP contribution in [0.25, 0.3) is 0 Å². The first-order valence-corrected chi connectivity index (χ1v) is 8.27. The smallest absolute Gasteiger partial charge is 0.278 e. The fourth-order valence-electron chi connectivity index (χ4n) is 3.08. The zero-order chi connectivity index (χ0) is 16.6. The van der Waals surface area contributed by atoms with Crippen molar-refractivity contribution in [2.24, 2.45) is 11.3 Å². The van der Waals surface area contributed by atoms with Gasteiger partial charge in [0, 0.05) is 22.7 Å². The number of halogens is 1. The molecule has 0 aliphatic heterocycles. The third kappa shape index (κ3) is 3.42. The Hall–Kier alpha value is -1.81. The maximum atomic E-state index is 12.5. The van der Waals surface area contributed by atoms with E-state index >= 15 is 0 Å². The number of aryl methyl sites for hydroxylation is 1. The summed E-state index contributed by atoms with van der Waals surface area (Å²) in [6.07, 6.45) is 2.75.